The Kier molecular flexibility index (Phi) is 3.51. The van der Waals surface area contributed by atoms with E-state index in [0.29, 0.717) is 4.13 Å². The summed E-state index contributed by atoms with van der Waals surface area (Å²) >= 11 is 2.93. The van der Waals surface area contributed by atoms with Gasteiger partial charge in [-0.05, 0) is 12.8 Å². The van der Waals surface area contributed by atoms with Gasteiger partial charge in [0.2, 0.25) is 0 Å². The van der Waals surface area contributed by atoms with Gasteiger partial charge in [0, 0.05) is 0 Å². The van der Waals surface area contributed by atoms with Crippen molar-refractivity contribution in [1.82, 2.24) is 7.84 Å². The number of thiol groups is 1. The molecule has 13 heavy (non-hydrogen) atoms. The Morgan fingerprint density at radius 3 is 1.92 bits per heavy atom. The molecule has 9 nitrogen and oxygen atoms in total. The fourth-order valence-corrected chi connectivity index (χ4v) is 2.12. The van der Waals surface area contributed by atoms with Crippen LogP contribution in [0.3, 0.4) is 0 Å². The lowest BCUT2D eigenvalue weighted by Gasteiger charge is -2.10. The van der Waals surface area contributed by atoms with E-state index in [-0.39, 0.29) is 0 Å². The van der Waals surface area contributed by atoms with Gasteiger partial charge in [0.1, 0.15) is 0 Å². The zero-order valence-corrected chi connectivity index (χ0v) is 8.17. The van der Waals surface area contributed by atoms with E-state index in [1.807, 2.05) is 0 Å². The van der Waals surface area contributed by atoms with Gasteiger partial charge in [-0.25, -0.2) is 4.79 Å². The average Bonchev–Trinajstić information content (AvgIpc) is 1.80. The maximum absolute atomic E-state index is 10.6. The Morgan fingerprint density at radius 1 is 1.31 bits per heavy atom. The number of carbonyl (C=O) groups is 1. The van der Waals surface area contributed by atoms with Crippen LogP contribution in [0.1, 0.15) is 0 Å². The molecule has 0 spiro atoms. The third kappa shape index (κ3) is 4.28. The van der Waals surface area contributed by atoms with Crippen LogP contribution in [-0.2, 0) is 20.5 Å². The normalized spacial score (nSPS) is 12.5. The van der Waals surface area contributed by atoms with Crippen molar-refractivity contribution in [3.8, 4) is 0 Å². The summed E-state index contributed by atoms with van der Waals surface area (Å²) in [6.45, 7) is 0. The Balaban J connectivity index is 4.92. The van der Waals surface area contributed by atoms with E-state index in [1.54, 1.807) is 0 Å². The second-order valence-electron chi connectivity index (χ2n) is 1.59. The molecule has 0 aromatic heterocycles. The summed E-state index contributed by atoms with van der Waals surface area (Å²) < 4.78 is 49.2. The van der Waals surface area contributed by atoms with Crippen LogP contribution in [0, 0.1) is 0 Å². The standard InChI is InChI=1S/CH4N2O7S3/c4-1(5)3(11)12(6,7)2-13(8,9)10/h2,11H,(H,4,5)(H,8,9,10). The number of nitrogens with one attached hydrogen (secondary N) is 1. The van der Waals surface area contributed by atoms with Crippen LogP contribution >= 0.6 is 12.8 Å². The van der Waals surface area contributed by atoms with Gasteiger partial charge >= 0.3 is 26.6 Å². The molecular weight excluding hydrogens is 248 g/mol. The van der Waals surface area contributed by atoms with Crippen molar-refractivity contribution in [2.75, 3.05) is 0 Å². The fraction of sp³-hybridized carbons (Fsp3) is 0. The van der Waals surface area contributed by atoms with E-state index in [9.17, 15) is 21.6 Å². The van der Waals surface area contributed by atoms with Crippen LogP contribution in [0.4, 0.5) is 4.79 Å². The zero-order chi connectivity index (χ0) is 10.9. The van der Waals surface area contributed by atoms with Gasteiger partial charge in [-0.15, -0.1) is 3.71 Å². The Bertz CT molecular complexity index is 391. The maximum Gasteiger partial charge on any atom is 0.432 e. The molecule has 0 radical (unpaired) electrons. The lowest BCUT2D eigenvalue weighted by molar-refractivity contribution is 0.189. The van der Waals surface area contributed by atoms with E-state index in [2.05, 4.69) is 12.8 Å². The van der Waals surface area contributed by atoms with Crippen molar-refractivity contribution >= 4 is 39.4 Å². The minimum absolute atomic E-state index is 0.610. The predicted octanol–water partition coefficient (Wildman–Crippen LogP) is -1.55. The maximum atomic E-state index is 10.6. The second kappa shape index (κ2) is 3.67. The van der Waals surface area contributed by atoms with Gasteiger partial charge in [-0.3, -0.25) is 4.55 Å². The first-order valence-corrected chi connectivity index (χ1v) is 5.57. The van der Waals surface area contributed by atoms with Gasteiger partial charge in [0.05, 0.1) is 0 Å². The summed E-state index contributed by atoms with van der Waals surface area (Å²) in [6, 6.07) is 0. The summed E-state index contributed by atoms with van der Waals surface area (Å²) in [4.78, 5) is 9.99. The molecule has 0 atom stereocenters. The largest absolute Gasteiger partial charge is 0.464 e. The van der Waals surface area contributed by atoms with Gasteiger partial charge in [0.25, 0.3) is 0 Å². The highest BCUT2D eigenvalue weighted by Gasteiger charge is 2.28. The van der Waals surface area contributed by atoms with E-state index >= 15 is 0 Å². The molecule has 0 heterocycles. The quantitative estimate of drug-likeness (QED) is 0.352. The molecule has 78 valence electrons. The number of hydrogen-bond acceptors (Lipinski definition) is 6. The van der Waals surface area contributed by atoms with Gasteiger partial charge < -0.3 is 5.11 Å². The molecule has 0 aliphatic heterocycles. The first-order valence-electron chi connectivity index (χ1n) is 2.29. The Morgan fingerprint density at radius 2 is 1.69 bits per heavy atom. The molecule has 0 aliphatic rings. The first-order chi connectivity index (χ1) is 5.56. The summed E-state index contributed by atoms with van der Waals surface area (Å²) in [5, 5.41) is 8.07. The SMILES string of the molecule is O=C(O)N(S)S(=O)(=O)NS(=O)(=O)O. The topological polar surface area (TPSA) is 141 Å². The van der Waals surface area contributed by atoms with E-state index < -0.39 is 30.3 Å². The molecule has 0 unspecified atom stereocenters. The Labute approximate surface area is 79.0 Å². The highest BCUT2D eigenvalue weighted by molar-refractivity contribution is 8.06. The van der Waals surface area contributed by atoms with Gasteiger partial charge in [-0.1, -0.05) is 4.13 Å². The molecule has 1 amide bonds. The summed E-state index contributed by atoms with van der Waals surface area (Å²) in [5.74, 6) is 0. The van der Waals surface area contributed by atoms with Crippen LogP contribution in [0.25, 0.3) is 0 Å². The highest BCUT2D eigenvalue weighted by atomic mass is 32.3. The number of nitrogens with zero attached hydrogens (tertiary/aromatic N) is 1. The minimum Gasteiger partial charge on any atom is -0.464 e. The third-order valence-electron chi connectivity index (χ3n) is 0.602. The summed E-state index contributed by atoms with van der Waals surface area (Å²) in [5.41, 5.74) is 0. The van der Waals surface area contributed by atoms with Crippen molar-refractivity contribution in [3.63, 3.8) is 0 Å². The molecule has 0 saturated heterocycles. The summed E-state index contributed by atoms with van der Waals surface area (Å²) in [7, 11) is -9.96. The van der Waals surface area contributed by atoms with E-state index in [1.165, 1.54) is 0 Å². The van der Waals surface area contributed by atoms with Gasteiger partial charge in [-0.2, -0.15) is 16.8 Å². The molecule has 0 aliphatic carbocycles. The predicted molar refractivity (Wildman–Crippen MR) is 42.5 cm³/mol. The van der Waals surface area contributed by atoms with Crippen LogP contribution < -0.4 is 4.13 Å². The van der Waals surface area contributed by atoms with Crippen molar-refractivity contribution < 1.29 is 31.3 Å². The van der Waals surface area contributed by atoms with Crippen molar-refractivity contribution in [2.24, 2.45) is 0 Å². The monoisotopic (exact) mass is 252 g/mol. The van der Waals surface area contributed by atoms with Crippen LogP contribution in [0.15, 0.2) is 0 Å². The molecule has 0 aromatic rings. The second-order valence-corrected chi connectivity index (χ2v) is 5.19. The lowest BCUT2D eigenvalue weighted by Crippen LogP contribution is -2.40. The molecule has 0 fully saturated rings. The van der Waals surface area contributed by atoms with Crippen LogP contribution in [-0.4, -0.2) is 36.3 Å². The van der Waals surface area contributed by atoms with Gasteiger partial charge in [0.15, 0.2) is 0 Å². The highest BCUT2D eigenvalue weighted by Crippen LogP contribution is 2.02. The van der Waals surface area contributed by atoms with Crippen molar-refractivity contribution in [1.29, 1.82) is 0 Å². The Hall–Kier alpha value is -0.560. The molecule has 3 N–H and O–H groups in total. The first kappa shape index (κ1) is 12.4. The van der Waals surface area contributed by atoms with Crippen LogP contribution in [0.2, 0.25) is 0 Å². The van der Waals surface area contributed by atoms with Crippen LogP contribution in [0.5, 0.6) is 0 Å². The number of hydrogen-bond donors (Lipinski definition) is 4. The minimum atomic E-state index is -5.05. The van der Waals surface area contributed by atoms with E-state index in [0.717, 1.165) is 0 Å². The molecule has 0 saturated carbocycles. The average molecular weight is 252 g/mol. The van der Waals surface area contributed by atoms with Crippen molar-refractivity contribution in [2.45, 2.75) is 0 Å². The molecule has 0 aromatic carbocycles. The molecular formula is CH4N2O7S3. The summed E-state index contributed by atoms with van der Waals surface area (Å²) in [6.07, 6.45) is -2.03. The number of carboxylic acid groups (broad SMARTS) is 1. The molecule has 12 heteroatoms. The third-order valence-corrected chi connectivity index (χ3v) is 3.71. The van der Waals surface area contributed by atoms with E-state index in [4.69, 9.17) is 9.66 Å². The fourth-order valence-electron chi connectivity index (χ4n) is 0.271. The number of rotatable bonds is 3. The molecule has 0 bridgehead atoms. The van der Waals surface area contributed by atoms with Crippen molar-refractivity contribution in [3.05, 3.63) is 0 Å². The smallest absolute Gasteiger partial charge is 0.432 e. The lowest BCUT2D eigenvalue weighted by atomic mass is 11.3. The number of amides is 1. The zero-order valence-electron chi connectivity index (χ0n) is 5.65. The molecule has 0 rings (SSSR count).